The number of carbonyl (C=O) groups excluding carboxylic acids is 1. The number of fused-ring (bicyclic) bond motifs is 1. The van der Waals surface area contributed by atoms with Crippen molar-refractivity contribution in [1.29, 1.82) is 0 Å². The molecular weight excluding hydrogens is 304 g/mol. The maximum absolute atomic E-state index is 13.4. The van der Waals surface area contributed by atoms with Crippen LogP contribution in [0.15, 0.2) is 18.2 Å². The summed E-state index contributed by atoms with van der Waals surface area (Å²) in [6.07, 6.45) is 3.34. The number of carbonyl (C=O) groups is 1. The summed E-state index contributed by atoms with van der Waals surface area (Å²) in [5.41, 5.74) is 6.52. The van der Waals surface area contributed by atoms with Gasteiger partial charge in [0.2, 0.25) is 5.91 Å². The first-order valence-electron chi connectivity index (χ1n) is 9.08. The topological polar surface area (TPSA) is 64.8 Å². The molecule has 3 aliphatic rings. The van der Waals surface area contributed by atoms with Gasteiger partial charge in [0.1, 0.15) is 13.2 Å². The smallest absolute Gasteiger partial charge is 0.233 e. The van der Waals surface area contributed by atoms with Gasteiger partial charge in [-0.05, 0) is 62.3 Å². The van der Waals surface area contributed by atoms with Crippen molar-refractivity contribution in [2.24, 2.45) is 17.6 Å². The van der Waals surface area contributed by atoms with Gasteiger partial charge in [0.25, 0.3) is 0 Å². The van der Waals surface area contributed by atoms with Gasteiger partial charge in [-0.1, -0.05) is 6.07 Å². The number of amides is 1. The minimum atomic E-state index is -0.463. The molecule has 24 heavy (non-hydrogen) atoms. The number of hydrogen-bond acceptors (Lipinski definition) is 4. The lowest BCUT2D eigenvalue weighted by molar-refractivity contribution is -0.134. The number of ether oxygens (including phenoxy) is 2. The van der Waals surface area contributed by atoms with Gasteiger partial charge in [-0.3, -0.25) is 4.79 Å². The Kier molecular flexibility index (Phi) is 3.91. The molecule has 1 heterocycles. The van der Waals surface area contributed by atoms with Crippen molar-refractivity contribution in [3.05, 3.63) is 23.8 Å². The van der Waals surface area contributed by atoms with Crippen molar-refractivity contribution in [2.45, 2.75) is 31.6 Å². The normalized spacial score (nSPS) is 27.7. The minimum absolute atomic E-state index is 0.223. The number of rotatable bonds is 6. The first-order chi connectivity index (χ1) is 11.7. The van der Waals surface area contributed by atoms with E-state index in [1.54, 1.807) is 0 Å². The second kappa shape index (κ2) is 5.96. The molecule has 0 aromatic heterocycles. The number of nitrogens with zero attached hydrogens (tertiary/aromatic N) is 1. The Morgan fingerprint density at radius 3 is 2.67 bits per heavy atom. The Morgan fingerprint density at radius 1 is 1.29 bits per heavy atom. The van der Waals surface area contributed by atoms with Crippen molar-refractivity contribution in [3.8, 4) is 11.5 Å². The highest BCUT2D eigenvalue weighted by Crippen LogP contribution is 2.56. The van der Waals surface area contributed by atoms with E-state index in [4.69, 9.17) is 15.2 Å². The summed E-state index contributed by atoms with van der Waals surface area (Å²) in [6.45, 7) is 5.39. The summed E-state index contributed by atoms with van der Waals surface area (Å²) in [6, 6.07) is 5.95. The van der Waals surface area contributed by atoms with E-state index >= 15 is 0 Å². The van der Waals surface area contributed by atoms with Crippen LogP contribution in [-0.4, -0.2) is 43.7 Å². The molecule has 5 heteroatoms. The molecule has 1 aromatic carbocycles. The largest absolute Gasteiger partial charge is 0.486 e. The molecular formula is C19H26N2O3. The lowest BCUT2D eigenvalue weighted by Gasteiger charge is -2.28. The van der Waals surface area contributed by atoms with Gasteiger partial charge >= 0.3 is 0 Å². The highest BCUT2D eigenvalue weighted by atomic mass is 16.6. The molecule has 4 rings (SSSR count). The van der Waals surface area contributed by atoms with Crippen molar-refractivity contribution in [2.75, 3.05) is 32.8 Å². The molecule has 0 radical (unpaired) electrons. The van der Waals surface area contributed by atoms with Crippen molar-refractivity contribution < 1.29 is 14.3 Å². The van der Waals surface area contributed by atoms with Gasteiger partial charge in [-0.15, -0.1) is 0 Å². The SMILES string of the molecule is CCN(CC1CC1)C(=O)[C@@]1(c2ccc3c(c2)OCCO3)C[C@H]1CN. The first kappa shape index (κ1) is 15.8. The average Bonchev–Trinajstić information content (AvgIpc) is 3.53. The van der Waals surface area contributed by atoms with E-state index in [1.165, 1.54) is 12.8 Å². The van der Waals surface area contributed by atoms with Crippen LogP contribution in [0.1, 0.15) is 31.7 Å². The number of nitrogens with two attached hydrogens (primary N) is 1. The first-order valence-corrected chi connectivity index (χ1v) is 9.08. The number of likely N-dealkylation sites (N-methyl/N-ethyl adjacent to an activating group) is 1. The third-order valence-electron chi connectivity index (χ3n) is 5.67. The van der Waals surface area contributed by atoms with Crippen molar-refractivity contribution in [3.63, 3.8) is 0 Å². The zero-order valence-electron chi connectivity index (χ0n) is 14.3. The summed E-state index contributed by atoms with van der Waals surface area (Å²) < 4.78 is 11.3. The Labute approximate surface area is 143 Å². The Bertz CT molecular complexity index is 643. The quantitative estimate of drug-likeness (QED) is 0.866. The fraction of sp³-hybridized carbons (Fsp3) is 0.632. The highest BCUT2D eigenvalue weighted by Gasteiger charge is 2.61. The van der Waals surface area contributed by atoms with Gasteiger partial charge < -0.3 is 20.1 Å². The van der Waals surface area contributed by atoms with E-state index in [1.807, 2.05) is 23.1 Å². The zero-order valence-corrected chi connectivity index (χ0v) is 14.3. The maximum atomic E-state index is 13.4. The molecule has 2 fully saturated rings. The Morgan fingerprint density at radius 2 is 2.04 bits per heavy atom. The van der Waals surface area contributed by atoms with E-state index < -0.39 is 5.41 Å². The van der Waals surface area contributed by atoms with Gasteiger partial charge in [0.05, 0.1) is 5.41 Å². The predicted molar refractivity (Wildman–Crippen MR) is 91.2 cm³/mol. The van der Waals surface area contributed by atoms with Crippen LogP contribution in [0.4, 0.5) is 0 Å². The van der Waals surface area contributed by atoms with Crippen LogP contribution in [0.25, 0.3) is 0 Å². The Balaban J connectivity index is 1.64. The van der Waals surface area contributed by atoms with E-state index in [2.05, 4.69) is 6.92 Å². The molecule has 1 aliphatic heterocycles. The summed E-state index contributed by atoms with van der Waals surface area (Å²) in [7, 11) is 0. The molecule has 5 nitrogen and oxygen atoms in total. The number of hydrogen-bond donors (Lipinski definition) is 1. The van der Waals surface area contributed by atoms with Gasteiger partial charge in [-0.2, -0.15) is 0 Å². The molecule has 2 saturated carbocycles. The molecule has 0 unspecified atom stereocenters. The second-order valence-electron chi connectivity index (χ2n) is 7.25. The molecule has 0 bridgehead atoms. The fourth-order valence-corrected chi connectivity index (χ4v) is 3.92. The lowest BCUT2D eigenvalue weighted by Crippen LogP contribution is -2.42. The van der Waals surface area contributed by atoms with Crippen molar-refractivity contribution >= 4 is 5.91 Å². The average molecular weight is 330 g/mol. The molecule has 0 spiro atoms. The number of benzene rings is 1. The lowest BCUT2D eigenvalue weighted by atomic mass is 9.90. The van der Waals surface area contributed by atoms with Crippen LogP contribution < -0.4 is 15.2 Å². The molecule has 2 atom stereocenters. The summed E-state index contributed by atoms with van der Waals surface area (Å²) >= 11 is 0. The fourth-order valence-electron chi connectivity index (χ4n) is 3.92. The summed E-state index contributed by atoms with van der Waals surface area (Å²) in [4.78, 5) is 15.4. The minimum Gasteiger partial charge on any atom is -0.486 e. The van der Waals surface area contributed by atoms with Crippen LogP contribution in [0.3, 0.4) is 0 Å². The molecule has 2 N–H and O–H groups in total. The standard InChI is InChI=1S/C19H26N2O3/c1-2-21(12-13-3-4-13)18(22)19(10-15(19)11-20)14-5-6-16-17(9-14)24-8-7-23-16/h5-6,9,13,15H,2-4,7-8,10-12,20H2,1H3/t15-,19+/m0/s1. The Hall–Kier alpha value is -1.75. The molecule has 130 valence electrons. The van der Waals surface area contributed by atoms with Crippen LogP contribution in [0.2, 0.25) is 0 Å². The monoisotopic (exact) mass is 330 g/mol. The second-order valence-corrected chi connectivity index (χ2v) is 7.25. The van der Waals surface area contributed by atoms with Crippen molar-refractivity contribution in [1.82, 2.24) is 4.90 Å². The van der Waals surface area contributed by atoms with Crippen LogP contribution in [0, 0.1) is 11.8 Å². The third-order valence-corrected chi connectivity index (χ3v) is 5.67. The molecule has 2 aliphatic carbocycles. The predicted octanol–water partition coefficient (Wildman–Crippen LogP) is 1.93. The van der Waals surface area contributed by atoms with E-state index in [0.717, 1.165) is 36.6 Å². The molecule has 1 amide bonds. The van der Waals surface area contributed by atoms with Crippen LogP contribution in [0.5, 0.6) is 11.5 Å². The van der Waals surface area contributed by atoms with Crippen LogP contribution >= 0.6 is 0 Å². The zero-order chi connectivity index (χ0) is 16.7. The molecule has 1 aromatic rings. The van der Waals surface area contributed by atoms with Gasteiger partial charge in [0.15, 0.2) is 11.5 Å². The van der Waals surface area contributed by atoms with Gasteiger partial charge in [0, 0.05) is 13.1 Å². The summed E-state index contributed by atoms with van der Waals surface area (Å²) in [5, 5.41) is 0. The van der Waals surface area contributed by atoms with E-state index in [-0.39, 0.29) is 11.8 Å². The maximum Gasteiger partial charge on any atom is 0.233 e. The van der Waals surface area contributed by atoms with E-state index in [9.17, 15) is 4.79 Å². The molecule has 0 saturated heterocycles. The highest BCUT2D eigenvalue weighted by molar-refractivity contribution is 5.92. The van der Waals surface area contributed by atoms with E-state index in [0.29, 0.717) is 25.7 Å². The van der Waals surface area contributed by atoms with Gasteiger partial charge in [-0.25, -0.2) is 0 Å². The third kappa shape index (κ3) is 2.55. The summed E-state index contributed by atoms with van der Waals surface area (Å²) in [5.74, 6) is 2.67. The van der Waals surface area contributed by atoms with Crippen LogP contribution in [-0.2, 0) is 10.2 Å².